The summed E-state index contributed by atoms with van der Waals surface area (Å²) in [6, 6.07) is 6.36. The van der Waals surface area contributed by atoms with E-state index in [-0.39, 0.29) is 43.3 Å². The highest BCUT2D eigenvalue weighted by Crippen LogP contribution is 2.31. The van der Waals surface area contributed by atoms with Crippen molar-refractivity contribution in [2.24, 2.45) is 17.2 Å². The fourth-order valence-electron chi connectivity index (χ4n) is 5.83. The Labute approximate surface area is 259 Å². The van der Waals surface area contributed by atoms with Crippen LogP contribution in [0.3, 0.4) is 0 Å². The van der Waals surface area contributed by atoms with Crippen LogP contribution in [0.1, 0.15) is 62.6 Å². The maximum absolute atomic E-state index is 13.4. The van der Waals surface area contributed by atoms with Gasteiger partial charge in [0.2, 0.25) is 17.7 Å². The minimum atomic E-state index is -4.53. The van der Waals surface area contributed by atoms with Gasteiger partial charge in [0.15, 0.2) is 0 Å². The number of amides is 3. The number of nitrogens with one attached hydrogen (secondary N) is 3. The maximum Gasteiger partial charge on any atom is 0.492 e. The van der Waals surface area contributed by atoms with E-state index >= 15 is 0 Å². The predicted molar refractivity (Wildman–Crippen MR) is 163 cm³/mol. The van der Waals surface area contributed by atoms with Crippen LogP contribution >= 0.6 is 0 Å². The van der Waals surface area contributed by atoms with Gasteiger partial charge < -0.3 is 42.8 Å². The third-order valence-electron chi connectivity index (χ3n) is 8.16. The molecule has 2 aliphatic rings. The van der Waals surface area contributed by atoms with Crippen LogP contribution in [0, 0.1) is 0 Å². The van der Waals surface area contributed by atoms with E-state index in [1.165, 1.54) is 12.1 Å². The number of hydrogen-bond donors (Lipinski definition) is 7. The van der Waals surface area contributed by atoms with Crippen molar-refractivity contribution < 1.29 is 37.2 Å². The summed E-state index contributed by atoms with van der Waals surface area (Å²) in [7, 11) is -1.20. The zero-order valence-corrected chi connectivity index (χ0v) is 25.2. The lowest BCUT2D eigenvalue weighted by molar-refractivity contribution is -0.137. The van der Waals surface area contributed by atoms with E-state index in [0.29, 0.717) is 36.0 Å². The van der Waals surface area contributed by atoms with Gasteiger partial charge in [-0.25, -0.2) is 0 Å². The minimum absolute atomic E-state index is 0.0182. The predicted octanol–water partition coefficient (Wildman–Crippen LogP) is 0.755. The number of carbonyl (C=O) groups is 3. The van der Waals surface area contributed by atoms with Crippen molar-refractivity contribution in [1.29, 1.82) is 0 Å². The van der Waals surface area contributed by atoms with E-state index in [2.05, 4.69) is 16.0 Å². The fourth-order valence-corrected chi connectivity index (χ4v) is 5.83. The Morgan fingerprint density at radius 3 is 2.31 bits per heavy atom. The van der Waals surface area contributed by atoms with Crippen molar-refractivity contribution in [3.63, 3.8) is 0 Å². The smallest absolute Gasteiger partial charge is 0.423 e. The van der Waals surface area contributed by atoms with Gasteiger partial charge in [0.25, 0.3) is 0 Å². The Hall–Kier alpha value is -3.50. The molecule has 3 amide bonds. The Kier molecular flexibility index (Phi) is 10.6. The number of fused-ring (bicyclic) bond motifs is 1. The molecule has 244 valence electrons. The molecule has 0 bridgehead atoms. The van der Waals surface area contributed by atoms with Gasteiger partial charge in [0, 0.05) is 36.7 Å². The summed E-state index contributed by atoms with van der Waals surface area (Å²) < 4.78 is 44.8. The van der Waals surface area contributed by atoms with Gasteiger partial charge in [-0.3, -0.25) is 14.4 Å². The van der Waals surface area contributed by atoms with Gasteiger partial charge in [-0.05, 0) is 80.4 Å². The monoisotopic (exact) mass is 632 g/mol. The topological polar surface area (TPSA) is 195 Å². The average molecular weight is 632 g/mol. The second-order valence-corrected chi connectivity index (χ2v) is 12.4. The Bertz CT molecular complexity index is 1380. The quantitative estimate of drug-likeness (QED) is 0.187. The molecule has 2 aromatic carbocycles. The van der Waals surface area contributed by atoms with Crippen LogP contribution < -0.4 is 38.6 Å². The highest BCUT2D eigenvalue weighted by molar-refractivity contribution is 6.62. The van der Waals surface area contributed by atoms with Gasteiger partial charge in [0.05, 0.1) is 17.2 Å². The molecule has 0 saturated heterocycles. The molecule has 1 aliphatic heterocycles. The lowest BCUT2D eigenvalue weighted by Gasteiger charge is -2.31. The first-order chi connectivity index (χ1) is 21.0. The standard InChI is InChI=1S/C30H40BF3N6O5/c1-29(2)22-8-7-20(15-23(22)31(44)45-29)39-28(43)25(11-16-3-5-17(6-4-16)30(32,33)34)40-27(42)24(37)9-10-26(41)38-21-13-18(35)12-19(36)14-21/h3-8,15,18-19,21,24-25,44H,9-14,35-37H2,1-2H3,(H,38,41)(H,39,43)(H,40,42). The molecular weight excluding hydrogens is 592 g/mol. The van der Waals surface area contributed by atoms with Crippen LogP contribution in [0.5, 0.6) is 0 Å². The second kappa shape index (κ2) is 13.9. The molecule has 1 fully saturated rings. The van der Waals surface area contributed by atoms with Crippen molar-refractivity contribution in [3.05, 3.63) is 59.2 Å². The highest BCUT2D eigenvalue weighted by Gasteiger charge is 2.40. The lowest BCUT2D eigenvalue weighted by atomic mass is 9.78. The summed E-state index contributed by atoms with van der Waals surface area (Å²) in [4.78, 5) is 39.0. The first-order valence-electron chi connectivity index (χ1n) is 14.9. The molecule has 4 atom stereocenters. The largest absolute Gasteiger partial charge is 0.492 e. The number of nitrogens with two attached hydrogens (primary N) is 3. The molecule has 1 heterocycles. The summed E-state index contributed by atoms with van der Waals surface area (Å²) in [5, 5.41) is 18.5. The third kappa shape index (κ3) is 9.04. The molecular formula is C30H40BF3N6O5. The zero-order valence-electron chi connectivity index (χ0n) is 25.2. The summed E-state index contributed by atoms with van der Waals surface area (Å²) in [6.07, 6.45) is -2.87. The molecule has 1 aliphatic carbocycles. The summed E-state index contributed by atoms with van der Waals surface area (Å²) in [5.74, 6) is -1.68. The summed E-state index contributed by atoms with van der Waals surface area (Å²) >= 11 is 0. The highest BCUT2D eigenvalue weighted by atomic mass is 19.4. The van der Waals surface area contributed by atoms with Crippen LogP contribution in [0.25, 0.3) is 0 Å². The number of halogens is 3. The Morgan fingerprint density at radius 2 is 1.69 bits per heavy atom. The van der Waals surface area contributed by atoms with E-state index in [1.54, 1.807) is 32.0 Å². The maximum atomic E-state index is 13.4. The fraction of sp³-hybridized carbons (Fsp3) is 0.500. The Morgan fingerprint density at radius 1 is 1.04 bits per heavy atom. The van der Waals surface area contributed by atoms with Gasteiger partial charge in [-0.1, -0.05) is 18.2 Å². The molecule has 15 heteroatoms. The van der Waals surface area contributed by atoms with Crippen molar-refractivity contribution in [2.45, 2.75) is 94.4 Å². The SMILES string of the molecule is CC1(C)OB(O)c2cc(NC(=O)C(Cc3ccc(C(F)(F)F)cc3)NC(=O)C(N)CCC(=O)NC3CC(N)CC(N)C3)ccc21. The minimum Gasteiger partial charge on any atom is -0.423 e. The van der Waals surface area contributed by atoms with Crippen LogP contribution in [-0.2, 0) is 37.2 Å². The summed E-state index contributed by atoms with van der Waals surface area (Å²) in [6.45, 7) is 3.59. The van der Waals surface area contributed by atoms with Crippen molar-refractivity contribution in [1.82, 2.24) is 10.6 Å². The van der Waals surface area contributed by atoms with Gasteiger partial charge in [-0.15, -0.1) is 0 Å². The van der Waals surface area contributed by atoms with Gasteiger partial charge >= 0.3 is 13.3 Å². The number of alkyl halides is 3. The van der Waals surface area contributed by atoms with Crippen molar-refractivity contribution in [2.75, 3.05) is 5.32 Å². The number of hydrogen-bond acceptors (Lipinski definition) is 8. The number of carbonyl (C=O) groups excluding carboxylic acids is 3. The van der Waals surface area contributed by atoms with E-state index in [1.807, 2.05) is 0 Å². The first-order valence-corrected chi connectivity index (χ1v) is 14.9. The van der Waals surface area contributed by atoms with E-state index < -0.39 is 48.4 Å². The van der Waals surface area contributed by atoms with Gasteiger partial charge in [-0.2, -0.15) is 13.2 Å². The van der Waals surface area contributed by atoms with Crippen LogP contribution in [-0.4, -0.2) is 60.1 Å². The molecule has 10 N–H and O–H groups in total. The number of anilines is 1. The molecule has 11 nitrogen and oxygen atoms in total. The molecule has 4 rings (SSSR count). The van der Waals surface area contributed by atoms with Crippen molar-refractivity contribution >= 4 is 36.0 Å². The molecule has 45 heavy (non-hydrogen) atoms. The third-order valence-corrected chi connectivity index (χ3v) is 8.16. The van der Waals surface area contributed by atoms with E-state index in [0.717, 1.165) is 17.7 Å². The van der Waals surface area contributed by atoms with Crippen molar-refractivity contribution in [3.8, 4) is 0 Å². The Balaban J connectivity index is 1.42. The number of benzene rings is 2. The molecule has 4 unspecified atom stereocenters. The van der Waals surface area contributed by atoms with E-state index in [9.17, 15) is 32.6 Å². The first kappa shape index (κ1) is 34.4. The summed E-state index contributed by atoms with van der Waals surface area (Å²) in [5.41, 5.74) is 18.4. The number of rotatable bonds is 10. The molecule has 0 aromatic heterocycles. The average Bonchev–Trinajstić information content (AvgIpc) is 3.17. The van der Waals surface area contributed by atoms with Crippen LogP contribution in [0.2, 0.25) is 0 Å². The van der Waals surface area contributed by atoms with Crippen LogP contribution in [0.15, 0.2) is 42.5 Å². The zero-order chi connectivity index (χ0) is 33.1. The van der Waals surface area contributed by atoms with Gasteiger partial charge in [0.1, 0.15) is 6.04 Å². The molecule has 0 radical (unpaired) electrons. The second-order valence-electron chi connectivity index (χ2n) is 12.4. The molecule has 1 saturated carbocycles. The molecule has 0 spiro atoms. The molecule has 2 aromatic rings. The lowest BCUT2D eigenvalue weighted by Crippen LogP contribution is -2.51. The van der Waals surface area contributed by atoms with Crippen LogP contribution in [0.4, 0.5) is 18.9 Å². The van der Waals surface area contributed by atoms with E-state index in [4.69, 9.17) is 21.9 Å². The normalized spacial score (nSPS) is 22.2.